The Bertz CT molecular complexity index is 46.8. The van der Waals surface area contributed by atoms with Crippen LogP contribution in [-0.4, -0.2) is 5.08 Å². The summed E-state index contributed by atoms with van der Waals surface area (Å²) in [6.45, 7) is 0. The fourth-order valence-corrected chi connectivity index (χ4v) is 1.77. The summed E-state index contributed by atoms with van der Waals surface area (Å²) in [5.41, 5.74) is 0. The maximum atomic E-state index is 2.12. The summed E-state index contributed by atoms with van der Waals surface area (Å²) in [5.74, 6) is 0. The third kappa shape index (κ3) is 2.27. The van der Waals surface area contributed by atoms with Crippen molar-refractivity contribution in [3.63, 3.8) is 0 Å². The van der Waals surface area contributed by atoms with Gasteiger partial charge in [-0.3, -0.25) is 0 Å². The first-order valence-corrected chi connectivity index (χ1v) is 3.48. The Labute approximate surface area is 58.9 Å². The number of hydrogen-bond acceptors (Lipinski definition) is 2. The molecule has 0 nitrogen and oxygen atoms in total. The van der Waals surface area contributed by atoms with Gasteiger partial charge in [0, 0.05) is 24.6 Å². The Balaban J connectivity index is 0.000000250. The molecule has 3 heteroatoms. The molecule has 0 aliphatic carbocycles. The summed E-state index contributed by atoms with van der Waals surface area (Å²) < 4.78 is 0. The van der Waals surface area contributed by atoms with Crippen molar-refractivity contribution >= 4 is 23.5 Å². The molecule has 0 N–H and O–H groups in total. The molecule has 0 saturated carbocycles. The zero-order chi connectivity index (χ0) is 3.54. The predicted molar refractivity (Wildman–Crippen MR) is 29.2 cm³/mol. The normalized spacial score (nSPS) is 17.3. The molecule has 1 rings (SSSR count). The van der Waals surface area contributed by atoms with E-state index in [-0.39, 0.29) is 19.5 Å². The third-order valence-corrected chi connectivity index (χ3v) is 2.30. The van der Waals surface area contributed by atoms with Gasteiger partial charge in [0.1, 0.15) is 0 Å². The Hall–Kier alpha value is 1.06. The summed E-state index contributed by atoms with van der Waals surface area (Å²) in [5, 5.41) is 5.45. The molecule has 0 fully saturated rings. The van der Waals surface area contributed by atoms with Crippen molar-refractivity contribution in [2.75, 3.05) is 5.08 Å². The van der Waals surface area contributed by atoms with Crippen LogP contribution in [0.4, 0.5) is 0 Å². The first-order valence-electron chi connectivity index (χ1n) is 1.38. The minimum Gasteiger partial charge on any atom is -0.122 e. The topological polar surface area (TPSA) is 0 Å². The predicted octanol–water partition coefficient (Wildman–Crippen LogP) is 1.89. The van der Waals surface area contributed by atoms with Crippen LogP contribution in [-0.2, 0) is 19.5 Å². The van der Waals surface area contributed by atoms with Gasteiger partial charge in [-0.25, -0.2) is 0 Å². The van der Waals surface area contributed by atoms with Gasteiger partial charge in [-0.2, -0.15) is 0 Å². The number of rotatable bonds is 0. The summed E-state index contributed by atoms with van der Waals surface area (Å²) in [6, 6.07) is 0. The molecule has 0 radical (unpaired) electrons. The summed E-state index contributed by atoms with van der Waals surface area (Å²) in [7, 11) is 0. The molecule has 0 unspecified atom stereocenters. The van der Waals surface area contributed by atoms with Crippen LogP contribution in [0.2, 0.25) is 0 Å². The Morgan fingerprint density at radius 1 is 1.17 bits per heavy atom. The maximum absolute atomic E-state index is 2.12. The monoisotopic (exact) mass is 168 g/mol. The van der Waals surface area contributed by atoms with E-state index in [4.69, 9.17) is 0 Å². The van der Waals surface area contributed by atoms with Gasteiger partial charge in [0.15, 0.2) is 0 Å². The molecule has 1 aliphatic heterocycles. The van der Waals surface area contributed by atoms with E-state index in [9.17, 15) is 0 Å². The molecule has 6 heavy (non-hydrogen) atoms. The first kappa shape index (κ1) is 7.06. The second-order valence-electron chi connectivity index (χ2n) is 0.723. The van der Waals surface area contributed by atoms with Gasteiger partial charge in [0.2, 0.25) is 0 Å². The molecule has 0 atom stereocenters. The molecule has 0 saturated heterocycles. The fourth-order valence-electron chi connectivity index (χ4n) is 0.196. The van der Waals surface area contributed by atoms with Gasteiger partial charge in [0.05, 0.1) is 0 Å². The van der Waals surface area contributed by atoms with Crippen molar-refractivity contribution in [3.05, 3.63) is 10.8 Å². The zero-order valence-corrected chi connectivity index (χ0v) is 7.99. The Kier molecular flexibility index (Phi) is 4.98. The minimum absolute atomic E-state index is 0. The molecule has 0 bridgehead atoms. The molecule has 0 aromatic carbocycles. The molecule has 1 aliphatic rings. The van der Waals surface area contributed by atoms with E-state index in [2.05, 4.69) is 10.8 Å². The van der Waals surface area contributed by atoms with Crippen LogP contribution in [0.3, 0.4) is 0 Å². The fraction of sp³-hybridized carbons (Fsp3) is 0.333. The van der Waals surface area contributed by atoms with Gasteiger partial charge in [-0.05, 0) is 10.8 Å². The van der Waals surface area contributed by atoms with E-state index < -0.39 is 0 Å². The molecule has 0 amide bonds. The first-order chi connectivity index (χ1) is 2.50. The summed E-state index contributed by atoms with van der Waals surface area (Å²) >= 11 is 3.71. The number of hydrogen-bond donors (Lipinski definition) is 0. The van der Waals surface area contributed by atoms with Gasteiger partial charge in [0.25, 0.3) is 0 Å². The van der Waals surface area contributed by atoms with Crippen molar-refractivity contribution < 1.29 is 19.5 Å². The smallest absolute Gasteiger partial charge is 0.0475 e. The maximum Gasteiger partial charge on any atom is 0.0475 e. The molecular formula is C3H4S2Zn. The average molecular weight is 170 g/mol. The quantitative estimate of drug-likeness (QED) is 0.508. The molecular weight excluding hydrogens is 166 g/mol. The molecule has 0 aromatic rings. The summed E-state index contributed by atoms with van der Waals surface area (Å²) in [6.07, 6.45) is 0. The van der Waals surface area contributed by atoms with Gasteiger partial charge in [-0.15, -0.1) is 23.5 Å². The Morgan fingerprint density at radius 3 is 1.83 bits per heavy atom. The molecule has 30 valence electrons. The van der Waals surface area contributed by atoms with Crippen molar-refractivity contribution in [3.8, 4) is 0 Å². The van der Waals surface area contributed by atoms with Crippen LogP contribution in [0, 0.1) is 0 Å². The van der Waals surface area contributed by atoms with Crippen LogP contribution in [0.1, 0.15) is 0 Å². The zero-order valence-electron chi connectivity index (χ0n) is 3.39. The van der Waals surface area contributed by atoms with E-state index in [0.717, 1.165) is 0 Å². The van der Waals surface area contributed by atoms with E-state index >= 15 is 0 Å². The van der Waals surface area contributed by atoms with Gasteiger partial charge >= 0.3 is 0 Å². The standard InChI is InChI=1S/C3H4S2.Zn/c1-2-5-3-4-1;/h1-2H,3H2;. The van der Waals surface area contributed by atoms with E-state index in [1.54, 1.807) is 0 Å². The van der Waals surface area contributed by atoms with E-state index in [0.29, 0.717) is 0 Å². The van der Waals surface area contributed by atoms with Crippen molar-refractivity contribution in [1.29, 1.82) is 0 Å². The van der Waals surface area contributed by atoms with Gasteiger partial charge in [-0.1, -0.05) is 0 Å². The largest absolute Gasteiger partial charge is 0.122 e. The average Bonchev–Trinajstić information content (AvgIpc) is 1.76. The van der Waals surface area contributed by atoms with Crippen molar-refractivity contribution in [2.45, 2.75) is 0 Å². The third-order valence-electron chi connectivity index (χ3n) is 0.384. The number of thioether (sulfide) groups is 2. The Morgan fingerprint density at radius 2 is 1.67 bits per heavy atom. The molecule has 0 aromatic heterocycles. The summed E-state index contributed by atoms with van der Waals surface area (Å²) in [4.78, 5) is 0. The van der Waals surface area contributed by atoms with Crippen LogP contribution in [0.5, 0.6) is 0 Å². The van der Waals surface area contributed by atoms with Crippen LogP contribution >= 0.6 is 23.5 Å². The van der Waals surface area contributed by atoms with Crippen LogP contribution < -0.4 is 0 Å². The SMILES string of the molecule is C1=CSCS1.[Zn]. The molecule has 1 heterocycles. The van der Waals surface area contributed by atoms with Crippen molar-refractivity contribution in [1.82, 2.24) is 0 Å². The van der Waals surface area contributed by atoms with E-state index in [1.807, 2.05) is 23.5 Å². The second kappa shape index (κ2) is 4.23. The second-order valence-corrected chi connectivity index (χ2v) is 2.88. The van der Waals surface area contributed by atoms with Crippen LogP contribution in [0.15, 0.2) is 10.8 Å². The van der Waals surface area contributed by atoms with Crippen LogP contribution in [0.25, 0.3) is 0 Å². The minimum atomic E-state index is 0. The van der Waals surface area contributed by atoms with Crippen molar-refractivity contribution in [2.24, 2.45) is 0 Å². The van der Waals surface area contributed by atoms with Gasteiger partial charge < -0.3 is 0 Å². The molecule has 0 spiro atoms. The van der Waals surface area contributed by atoms with E-state index in [1.165, 1.54) is 5.08 Å².